The Morgan fingerprint density at radius 2 is 2.05 bits per heavy atom. The van der Waals surface area contributed by atoms with Crippen LogP contribution in [0.15, 0.2) is 6.07 Å². The number of aliphatic hydroxyl groups is 1. The maximum Gasteiger partial charge on any atom is 0.271 e. The number of amides is 1. The molecule has 0 fully saturated rings. The molecule has 1 atom stereocenters. The van der Waals surface area contributed by atoms with Gasteiger partial charge in [-0.3, -0.25) is 9.48 Å². The van der Waals surface area contributed by atoms with Crippen molar-refractivity contribution in [1.29, 1.82) is 0 Å². The normalized spacial score (nSPS) is 13.5. The number of hydrogen-bond acceptors (Lipinski definition) is 3. The Balaban J connectivity index is 2.86. The van der Waals surface area contributed by atoms with E-state index in [-0.39, 0.29) is 18.0 Å². The lowest BCUT2D eigenvalue weighted by atomic mass is 10.1. The molecule has 0 aliphatic heterocycles. The maximum absolute atomic E-state index is 12.2. The molecule has 0 saturated carbocycles. The molecule has 21 heavy (non-hydrogen) atoms. The van der Waals surface area contributed by atoms with Gasteiger partial charge in [0.15, 0.2) is 0 Å². The van der Waals surface area contributed by atoms with Crippen LogP contribution < -0.4 is 5.32 Å². The van der Waals surface area contributed by atoms with E-state index in [0.29, 0.717) is 18.0 Å². The lowest BCUT2D eigenvalue weighted by Gasteiger charge is -2.23. The van der Waals surface area contributed by atoms with Crippen molar-refractivity contribution < 1.29 is 9.90 Å². The fourth-order valence-corrected chi connectivity index (χ4v) is 2.19. The summed E-state index contributed by atoms with van der Waals surface area (Å²) in [7, 11) is 0. The summed E-state index contributed by atoms with van der Waals surface area (Å²) in [5, 5.41) is 16.9. The molecule has 0 spiro atoms. The zero-order valence-corrected chi connectivity index (χ0v) is 14.1. The lowest BCUT2D eigenvalue weighted by Crippen LogP contribution is -2.32. The molecule has 0 aliphatic carbocycles. The monoisotopic (exact) mass is 295 g/mol. The second kappa shape index (κ2) is 7.07. The first-order chi connectivity index (χ1) is 9.66. The van der Waals surface area contributed by atoms with Crippen LogP contribution in [0, 0.1) is 0 Å². The van der Waals surface area contributed by atoms with E-state index >= 15 is 0 Å². The first-order valence-electron chi connectivity index (χ1n) is 7.73. The van der Waals surface area contributed by atoms with E-state index in [1.54, 1.807) is 0 Å². The van der Waals surface area contributed by atoms with Crippen LogP contribution in [0.25, 0.3) is 0 Å². The summed E-state index contributed by atoms with van der Waals surface area (Å²) in [6.07, 6.45) is 1.09. The Hall–Kier alpha value is -1.36. The summed E-state index contributed by atoms with van der Waals surface area (Å²) >= 11 is 0. The van der Waals surface area contributed by atoms with Crippen LogP contribution in [0.4, 0.5) is 0 Å². The second-order valence-electron chi connectivity index (χ2n) is 6.84. The van der Waals surface area contributed by atoms with Gasteiger partial charge in [-0.15, -0.1) is 0 Å². The van der Waals surface area contributed by atoms with Crippen LogP contribution in [0.3, 0.4) is 0 Å². The highest BCUT2D eigenvalue weighted by molar-refractivity contribution is 5.92. The van der Waals surface area contributed by atoms with Crippen LogP contribution in [0.2, 0.25) is 0 Å². The quantitative estimate of drug-likeness (QED) is 0.848. The van der Waals surface area contributed by atoms with E-state index in [0.717, 1.165) is 12.1 Å². The summed E-state index contributed by atoms with van der Waals surface area (Å²) < 4.78 is 1.91. The second-order valence-corrected chi connectivity index (χ2v) is 6.84. The largest absolute Gasteiger partial charge is 0.391 e. The van der Waals surface area contributed by atoms with Gasteiger partial charge < -0.3 is 10.4 Å². The molecule has 5 heteroatoms. The fourth-order valence-electron chi connectivity index (χ4n) is 2.19. The number of aliphatic hydroxyl groups excluding tert-OH is 1. The van der Waals surface area contributed by atoms with Crippen molar-refractivity contribution in [3.8, 4) is 0 Å². The van der Waals surface area contributed by atoms with E-state index in [1.165, 1.54) is 0 Å². The molecule has 1 aromatic heterocycles. The minimum Gasteiger partial charge on any atom is -0.391 e. The molecule has 0 saturated heterocycles. The van der Waals surface area contributed by atoms with Gasteiger partial charge in [0, 0.05) is 12.2 Å². The summed E-state index contributed by atoms with van der Waals surface area (Å²) in [6, 6.07) is 1.84. The van der Waals surface area contributed by atoms with Gasteiger partial charge in [-0.25, -0.2) is 0 Å². The van der Waals surface area contributed by atoms with Crippen molar-refractivity contribution in [3.63, 3.8) is 0 Å². The molecule has 0 aromatic carbocycles. The molecule has 2 N–H and O–H groups in total. The summed E-state index contributed by atoms with van der Waals surface area (Å²) in [5.74, 6) is 0.0685. The van der Waals surface area contributed by atoms with Crippen molar-refractivity contribution in [2.24, 2.45) is 0 Å². The zero-order chi connectivity index (χ0) is 16.2. The van der Waals surface area contributed by atoms with Crippen molar-refractivity contribution >= 4 is 5.91 Å². The van der Waals surface area contributed by atoms with Crippen molar-refractivity contribution in [3.05, 3.63) is 17.5 Å². The van der Waals surface area contributed by atoms with Crippen molar-refractivity contribution in [2.45, 2.75) is 71.9 Å². The van der Waals surface area contributed by atoms with Crippen LogP contribution in [0.1, 0.15) is 76.5 Å². The van der Waals surface area contributed by atoms with Gasteiger partial charge in [0.2, 0.25) is 0 Å². The van der Waals surface area contributed by atoms with Crippen LogP contribution in [-0.2, 0) is 5.54 Å². The third-order valence-corrected chi connectivity index (χ3v) is 3.32. The Morgan fingerprint density at radius 3 is 2.48 bits per heavy atom. The molecule has 5 nitrogen and oxygen atoms in total. The van der Waals surface area contributed by atoms with E-state index in [2.05, 4.69) is 45.0 Å². The Kier molecular flexibility index (Phi) is 5.96. The van der Waals surface area contributed by atoms with Gasteiger partial charge in [0.1, 0.15) is 5.69 Å². The minimum atomic E-state index is -0.492. The molecular formula is C16H29N3O2. The van der Waals surface area contributed by atoms with Gasteiger partial charge >= 0.3 is 0 Å². The number of aromatic nitrogens is 2. The molecule has 0 aliphatic rings. The van der Waals surface area contributed by atoms with Gasteiger partial charge in [-0.1, -0.05) is 27.2 Å². The minimum absolute atomic E-state index is 0.167. The first kappa shape index (κ1) is 17.7. The van der Waals surface area contributed by atoms with E-state index in [9.17, 15) is 9.90 Å². The molecular weight excluding hydrogens is 266 g/mol. The van der Waals surface area contributed by atoms with Gasteiger partial charge in [-0.05, 0) is 39.2 Å². The third-order valence-electron chi connectivity index (χ3n) is 3.32. The number of hydrogen-bond donors (Lipinski definition) is 2. The summed E-state index contributed by atoms with van der Waals surface area (Å²) in [5.41, 5.74) is 1.29. The molecule has 1 unspecified atom stereocenters. The zero-order valence-electron chi connectivity index (χ0n) is 14.1. The van der Waals surface area contributed by atoms with E-state index < -0.39 is 6.10 Å². The molecule has 1 amide bonds. The molecule has 0 radical (unpaired) electrons. The standard InChI is InChI=1S/C16H29N3O2/c1-7-8-12(20)10-17-15(21)13-9-14(11(2)3)19(18-13)16(4,5)6/h9,11-12,20H,7-8,10H2,1-6H3,(H,17,21). The van der Waals surface area contributed by atoms with Crippen molar-refractivity contribution in [1.82, 2.24) is 15.1 Å². The van der Waals surface area contributed by atoms with Gasteiger partial charge in [-0.2, -0.15) is 5.10 Å². The van der Waals surface area contributed by atoms with Crippen LogP contribution in [-0.4, -0.2) is 33.4 Å². The van der Waals surface area contributed by atoms with Crippen molar-refractivity contribution in [2.75, 3.05) is 6.54 Å². The molecule has 1 aromatic rings. The summed E-state index contributed by atoms with van der Waals surface area (Å²) in [4.78, 5) is 12.2. The van der Waals surface area contributed by atoms with Crippen LogP contribution in [0.5, 0.6) is 0 Å². The van der Waals surface area contributed by atoms with E-state index in [4.69, 9.17) is 0 Å². The average molecular weight is 295 g/mol. The third kappa shape index (κ3) is 4.84. The number of rotatable bonds is 6. The highest BCUT2D eigenvalue weighted by Gasteiger charge is 2.23. The Morgan fingerprint density at radius 1 is 1.43 bits per heavy atom. The highest BCUT2D eigenvalue weighted by Crippen LogP contribution is 2.23. The smallest absolute Gasteiger partial charge is 0.271 e. The number of nitrogens with one attached hydrogen (secondary N) is 1. The topological polar surface area (TPSA) is 67.2 Å². The molecule has 0 bridgehead atoms. The Bertz CT molecular complexity index is 472. The number of carbonyl (C=O) groups is 1. The first-order valence-corrected chi connectivity index (χ1v) is 7.73. The molecule has 1 heterocycles. The number of nitrogens with zero attached hydrogens (tertiary/aromatic N) is 2. The molecule has 1 rings (SSSR count). The van der Waals surface area contributed by atoms with Crippen LogP contribution >= 0.6 is 0 Å². The van der Waals surface area contributed by atoms with Gasteiger partial charge in [0.25, 0.3) is 5.91 Å². The van der Waals surface area contributed by atoms with E-state index in [1.807, 2.05) is 17.7 Å². The molecule has 120 valence electrons. The highest BCUT2D eigenvalue weighted by atomic mass is 16.3. The number of carbonyl (C=O) groups excluding carboxylic acids is 1. The predicted molar refractivity (Wildman–Crippen MR) is 84.6 cm³/mol. The maximum atomic E-state index is 12.2. The fraction of sp³-hybridized carbons (Fsp3) is 0.750. The predicted octanol–water partition coefficient (Wildman–Crippen LogP) is 2.65. The lowest BCUT2D eigenvalue weighted by molar-refractivity contribution is 0.0903. The summed E-state index contributed by atoms with van der Waals surface area (Å²) in [6.45, 7) is 12.7. The average Bonchev–Trinajstić information content (AvgIpc) is 2.81. The SMILES string of the molecule is CCCC(O)CNC(=O)c1cc(C(C)C)n(C(C)(C)C)n1. The Labute approximate surface area is 127 Å². The van der Waals surface area contributed by atoms with Gasteiger partial charge in [0.05, 0.1) is 11.6 Å².